The van der Waals surface area contributed by atoms with Crippen molar-refractivity contribution >= 4 is 52.4 Å². The van der Waals surface area contributed by atoms with Gasteiger partial charge in [-0.1, -0.05) is 54.4 Å². The highest BCUT2D eigenvalue weighted by Gasteiger charge is 2.25. The Morgan fingerprint density at radius 1 is 1.17 bits per heavy atom. The van der Waals surface area contributed by atoms with Crippen molar-refractivity contribution in [1.82, 2.24) is 10.6 Å². The number of thiocarbonyl (C=S) groups is 1. The molecule has 0 heterocycles. The first-order chi connectivity index (χ1) is 16.7. The fourth-order valence-corrected chi connectivity index (χ4v) is 3.25. The van der Waals surface area contributed by atoms with Crippen LogP contribution in [0.3, 0.4) is 0 Å². The van der Waals surface area contributed by atoms with Crippen molar-refractivity contribution in [2.75, 3.05) is 13.7 Å². The molecule has 2 aromatic carbocycles. The molecular formula is C25H23ClN2O6S. The summed E-state index contributed by atoms with van der Waals surface area (Å²) in [6.07, 6.45) is 4.84. The Bertz CT molecular complexity index is 1200. The minimum Gasteiger partial charge on any atom is -0.506 e. The van der Waals surface area contributed by atoms with Gasteiger partial charge in [0, 0.05) is 11.3 Å². The van der Waals surface area contributed by atoms with Crippen molar-refractivity contribution < 1.29 is 28.9 Å². The highest BCUT2D eigenvalue weighted by atomic mass is 35.5. The lowest BCUT2D eigenvalue weighted by atomic mass is 9.99. The lowest BCUT2D eigenvalue weighted by Gasteiger charge is -2.20. The van der Waals surface area contributed by atoms with Gasteiger partial charge in [-0.15, -0.1) is 6.42 Å². The van der Waals surface area contributed by atoms with Crippen LogP contribution in [0.2, 0.25) is 5.02 Å². The number of benzene rings is 2. The second kappa shape index (κ2) is 13.0. The largest absolute Gasteiger partial charge is 0.506 e. The Labute approximate surface area is 213 Å². The first kappa shape index (κ1) is 27.2. The van der Waals surface area contributed by atoms with Crippen LogP contribution in [0.4, 0.5) is 4.79 Å². The van der Waals surface area contributed by atoms with Gasteiger partial charge in [0.1, 0.15) is 12.4 Å². The van der Waals surface area contributed by atoms with Crippen LogP contribution < -0.4 is 10.6 Å². The Hall–Kier alpha value is -4.00. The molecule has 35 heavy (non-hydrogen) atoms. The summed E-state index contributed by atoms with van der Waals surface area (Å²) in [5.74, 6) is 1.02. The molecule has 8 nitrogen and oxygen atoms in total. The first-order valence-electron chi connectivity index (χ1n) is 10.1. The summed E-state index contributed by atoms with van der Waals surface area (Å²) in [6.45, 7) is 5.70. The van der Waals surface area contributed by atoms with E-state index < -0.39 is 12.1 Å². The molecular weight excluding hydrogens is 492 g/mol. The zero-order valence-electron chi connectivity index (χ0n) is 19.0. The van der Waals surface area contributed by atoms with Crippen molar-refractivity contribution in [3.05, 3.63) is 76.3 Å². The van der Waals surface area contributed by atoms with Crippen LogP contribution in [0.25, 0.3) is 11.5 Å². The fraction of sp³-hybridized carbons (Fsp3) is 0.160. The van der Waals surface area contributed by atoms with Gasteiger partial charge in [0.2, 0.25) is 0 Å². The average Bonchev–Trinajstić information content (AvgIpc) is 2.83. The molecule has 2 rings (SSSR count). The van der Waals surface area contributed by atoms with E-state index >= 15 is 0 Å². The Morgan fingerprint density at radius 2 is 1.86 bits per heavy atom. The number of amides is 1. The number of phenols is 1. The summed E-state index contributed by atoms with van der Waals surface area (Å²) in [5.41, 5.74) is 0.806. The molecule has 1 amide bonds. The van der Waals surface area contributed by atoms with Crippen LogP contribution in [0, 0.1) is 12.3 Å². The van der Waals surface area contributed by atoms with Crippen LogP contribution >= 0.6 is 23.8 Å². The van der Waals surface area contributed by atoms with E-state index in [1.165, 1.54) is 19.2 Å². The number of esters is 1. The van der Waals surface area contributed by atoms with Crippen molar-refractivity contribution in [1.29, 1.82) is 0 Å². The highest BCUT2D eigenvalue weighted by molar-refractivity contribution is 7.80. The molecule has 0 aliphatic rings. The Kier molecular flexibility index (Phi) is 10.1. The standard InChI is InChI=1S/C25H23ClN2O6S/c1-5-17(23(30)32-4)22(34-14-16-10-8-7-9-11-16)18-12-13-19(26)21(29)20(18)15(3)27-24(35)28-25(31)33-6-2/h1,7-13,29H,3,6,14H2,2,4H3,(H2,27,28,31,35)/b22-17-. The van der Waals surface area contributed by atoms with E-state index in [9.17, 15) is 14.7 Å². The van der Waals surface area contributed by atoms with Crippen LogP contribution in [0.5, 0.6) is 5.75 Å². The molecule has 0 bridgehead atoms. The number of halogens is 1. The minimum absolute atomic E-state index is 0.0151. The maximum Gasteiger partial charge on any atom is 0.413 e. The zero-order chi connectivity index (χ0) is 26.0. The lowest BCUT2D eigenvalue weighted by Crippen LogP contribution is -2.38. The van der Waals surface area contributed by atoms with Crippen molar-refractivity contribution in [2.24, 2.45) is 0 Å². The summed E-state index contributed by atoms with van der Waals surface area (Å²) >= 11 is 11.3. The number of alkyl carbamates (subject to hydrolysis) is 1. The Balaban J connectivity index is 2.57. The third-order valence-corrected chi connectivity index (χ3v) is 4.93. The molecule has 0 aromatic heterocycles. The second-order valence-corrected chi connectivity index (χ2v) is 7.53. The van der Waals surface area contributed by atoms with E-state index in [-0.39, 0.29) is 57.3 Å². The van der Waals surface area contributed by atoms with E-state index in [2.05, 4.69) is 23.1 Å². The summed E-state index contributed by atoms with van der Waals surface area (Å²) in [6, 6.07) is 12.0. The number of terminal acetylenes is 1. The normalized spacial score (nSPS) is 10.8. The smallest absolute Gasteiger partial charge is 0.413 e. The maximum absolute atomic E-state index is 12.5. The summed E-state index contributed by atoms with van der Waals surface area (Å²) in [4.78, 5) is 24.1. The molecule has 0 saturated heterocycles. The molecule has 0 aliphatic carbocycles. The molecule has 0 saturated carbocycles. The number of carbonyl (C=O) groups excluding carboxylic acids is 2. The summed E-state index contributed by atoms with van der Waals surface area (Å²) in [7, 11) is 1.18. The first-order valence-corrected chi connectivity index (χ1v) is 10.9. The number of aromatic hydroxyl groups is 1. The van der Waals surface area contributed by atoms with E-state index in [0.717, 1.165) is 5.56 Å². The molecule has 0 spiro atoms. The molecule has 0 aliphatic heterocycles. The third-order valence-electron chi connectivity index (χ3n) is 4.42. The van der Waals surface area contributed by atoms with E-state index in [1.807, 2.05) is 30.3 Å². The number of methoxy groups -OCH3 is 1. The number of rotatable bonds is 8. The zero-order valence-corrected chi connectivity index (χ0v) is 20.6. The van der Waals surface area contributed by atoms with Gasteiger partial charge >= 0.3 is 12.1 Å². The van der Waals surface area contributed by atoms with Gasteiger partial charge in [0.15, 0.2) is 16.4 Å². The fourth-order valence-electron chi connectivity index (χ4n) is 2.88. The third kappa shape index (κ3) is 7.24. The van der Waals surface area contributed by atoms with Crippen LogP contribution in [0.15, 0.2) is 54.6 Å². The molecule has 0 unspecified atom stereocenters. The number of nitrogens with one attached hydrogen (secondary N) is 2. The van der Waals surface area contributed by atoms with Crippen LogP contribution in [-0.4, -0.2) is 36.0 Å². The predicted octanol–water partition coefficient (Wildman–Crippen LogP) is 4.37. The van der Waals surface area contributed by atoms with Crippen molar-refractivity contribution in [2.45, 2.75) is 13.5 Å². The Morgan fingerprint density at radius 3 is 2.46 bits per heavy atom. The summed E-state index contributed by atoms with van der Waals surface area (Å²) < 4.78 is 15.6. The van der Waals surface area contributed by atoms with E-state index in [0.29, 0.717) is 0 Å². The van der Waals surface area contributed by atoms with Crippen LogP contribution in [-0.2, 0) is 25.6 Å². The number of hydrogen-bond donors (Lipinski definition) is 3. The lowest BCUT2D eigenvalue weighted by molar-refractivity contribution is -0.135. The number of hydrogen-bond acceptors (Lipinski definition) is 7. The van der Waals surface area contributed by atoms with Gasteiger partial charge < -0.3 is 24.6 Å². The monoisotopic (exact) mass is 514 g/mol. The number of carbonyl (C=O) groups is 2. The van der Waals surface area contributed by atoms with E-state index in [4.69, 9.17) is 44.5 Å². The molecule has 0 radical (unpaired) electrons. The number of ether oxygens (including phenoxy) is 3. The minimum atomic E-state index is -0.825. The molecule has 2 aromatic rings. The topological polar surface area (TPSA) is 106 Å². The molecule has 182 valence electrons. The van der Waals surface area contributed by atoms with Gasteiger partial charge in [0.05, 0.1) is 24.3 Å². The van der Waals surface area contributed by atoms with Gasteiger partial charge in [0.25, 0.3) is 0 Å². The summed E-state index contributed by atoms with van der Waals surface area (Å²) in [5, 5.41) is 15.6. The maximum atomic E-state index is 12.5. The van der Waals surface area contributed by atoms with Gasteiger partial charge in [-0.25, -0.2) is 9.59 Å². The van der Waals surface area contributed by atoms with Crippen molar-refractivity contribution in [3.63, 3.8) is 0 Å². The molecule has 0 atom stereocenters. The van der Waals surface area contributed by atoms with Gasteiger partial charge in [-0.3, -0.25) is 5.32 Å². The molecule has 3 N–H and O–H groups in total. The average molecular weight is 515 g/mol. The number of phenolic OH excluding ortho intramolecular Hbond substituents is 1. The van der Waals surface area contributed by atoms with Gasteiger partial charge in [-0.05, 0) is 36.8 Å². The second-order valence-electron chi connectivity index (χ2n) is 6.71. The molecule has 10 heteroatoms. The predicted molar refractivity (Wildman–Crippen MR) is 137 cm³/mol. The SMILES string of the molecule is C#C/C(C(=O)OC)=C(/OCc1ccccc1)c1ccc(Cl)c(O)c1C(=C)NC(=S)NC(=O)OCC. The molecule has 0 fully saturated rings. The van der Waals surface area contributed by atoms with Crippen LogP contribution in [0.1, 0.15) is 23.6 Å². The van der Waals surface area contributed by atoms with Gasteiger partial charge in [-0.2, -0.15) is 0 Å². The van der Waals surface area contributed by atoms with E-state index in [1.54, 1.807) is 6.92 Å². The van der Waals surface area contributed by atoms with Crippen molar-refractivity contribution in [3.8, 4) is 18.1 Å². The highest BCUT2D eigenvalue weighted by Crippen LogP contribution is 2.38. The quantitative estimate of drug-likeness (QED) is 0.157.